The van der Waals surface area contributed by atoms with Gasteiger partial charge in [-0.05, 0) is 43.3 Å². The number of hydrogen-bond acceptors (Lipinski definition) is 4. The molecule has 1 aromatic heterocycles. The molecule has 0 saturated heterocycles. The molecule has 4 aromatic rings. The molecule has 0 bridgehead atoms. The van der Waals surface area contributed by atoms with E-state index in [1.165, 1.54) is 11.8 Å². The highest BCUT2D eigenvalue weighted by atomic mass is 32.2. The number of nitrogens with zero attached hydrogens (tertiary/aromatic N) is 4. The van der Waals surface area contributed by atoms with Crippen LogP contribution in [0.5, 0.6) is 0 Å². The predicted octanol–water partition coefficient (Wildman–Crippen LogP) is 5.11. The van der Waals surface area contributed by atoms with Gasteiger partial charge in [0.2, 0.25) is 11.1 Å². The maximum absolute atomic E-state index is 13.4. The second kappa shape index (κ2) is 8.75. The summed E-state index contributed by atoms with van der Waals surface area (Å²) < 4.78 is 1.71. The van der Waals surface area contributed by atoms with Crippen molar-refractivity contribution in [3.8, 4) is 5.69 Å². The lowest BCUT2D eigenvalue weighted by molar-refractivity contribution is -0.117. The lowest BCUT2D eigenvalue weighted by Crippen LogP contribution is -2.32. The molecule has 4 rings (SSSR count). The highest BCUT2D eigenvalue weighted by molar-refractivity contribution is 8.00. The maximum atomic E-state index is 13.4. The van der Waals surface area contributed by atoms with Gasteiger partial charge in [0.25, 0.3) is 0 Å². The molecule has 1 amide bonds. The third-order valence-corrected chi connectivity index (χ3v) is 5.32. The van der Waals surface area contributed by atoms with Gasteiger partial charge in [0.15, 0.2) is 0 Å². The minimum absolute atomic E-state index is 0.0246. The number of benzene rings is 3. The predicted molar refractivity (Wildman–Crippen MR) is 117 cm³/mol. The van der Waals surface area contributed by atoms with Crippen LogP contribution in [0, 0.1) is 0 Å². The molecule has 0 saturated carbocycles. The second-order valence-electron chi connectivity index (χ2n) is 6.41. The van der Waals surface area contributed by atoms with Crippen LogP contribution in [0.2, 0.25) is 0 Å². The first kappa shape index (κ1) is 19.0. The number of carbonyl (C=O) groups excluding carboxylic acids is 1. The topological polar surface area (TPSA) is 51.0 Å². The summed E-state index contributed by atoms with van der Waals surface area (Å²) >= 11 is 1.35. The van der Waals surface area contributed by atoms with Crippen LogP contribution in [0.4, 0.5) is 11.4 Å². The van der Waals surface area contributed by atoms with E-state index in [4.69, 9.17) is 0 Å². The first-order chi connectivity index (χ1) is 14.2. The molecule has 0 N–H and O–H groups in total. The summed E-state index contributed by atoms with van der Waals surface area (Å²) in [6.45, 7) is 1.88. The third-order valence-electron chi connectivity index (χ3n) is 4.37. The molecule has 0 spiro atoms. The molecule has 0 aliphatic carbocycles. The Kier molecular flexibility index (Phi) is 5.72. The SMILES string of the molecule is C[C@@H](Sc1ncn(-c2ccccc2)n1)C(=O)N(c1ccccc1)c1ccccc1. The van der Waals surface area contributed by atoms with E-state index < -0.39 is 0 Å². The van der Waals surface area contributed by atoms with Crippen molar-refractivity contribution < 1.29 is 4.79 Å². The molecular weight excluding hydrogens is 380 g/mol. The van der Waals surface area contributed by atoms with Gasteiger partial charge in [-0.1, -0.05) is 66.4 Å². The van der Waals surface area contributed by atoms with Gasteiger partial charge >= 0.3 is 0 Å². The van der Waals surface area contributed by atoms with E-state index in [0.717, 1.165) is 17.1 Å². The number of anilines is 2. The molecule has 6 heteroatoms. The van der Waals surface area contributed by atoms with E-state index in [1.807, 2.05) is 97.9 Å². The van der Waals surface area contributed by atoms with Crippen LogP contribution >= 0.6 is 11.8 Å². The number of hydrogen-bond donors (Lipinski definition) is 0. The van der Waals surface area contributed by atoms with Gasteiger partial charge in [0.05, 0.1) is 10.9 Å². The highest BCUT2D eigenvalue weighted by Crippen LogP contribution is 2.30. The monoisotopic (exact) mass is 400 g/mol. The standard InChI is InChI=1S/C23H20N4OS/c1-18(29-23-24-17-26(25-23)19-11-5-2-6-12-19)22(28)27(20-13-7-3-8-14-20)21-15-9-4-10-16-21/h2-18H,1H3/t18-/m1/s1. The van der Waals surface area contributed by atoms with Crippen molar-refractivity contribution >= 4 is 29.0 Å². The zero-order valence-corrected chi connectivity index (χ0v) is 16.7. The van der Waals surface area contributed by atoms with Gasteiger partial charge in [-0.3, -0.25) is 9.69 Å². The molecule has 5 nitrogen and oxygen atoms in total. The first-order valence-corrected chi connectivity index (χ1v) is 10.2. The van der Waals surface area contributed by atoms with Crippen molar-refractivity contribution in [3.05, 3.63) is 97.3 Å². The average molecular weight is 401 g/mol. The fourth-order valence-corrected chi connectivity index (χ4v) is 3.72. The van der Waals surface area contributed by atoms with Gasteiger partial charge in [-0.2, -0.15) is 0 Å². The Balaban J connectivity index is 1.56. The molecule has 0 radical (unpaired) electrons. The normalized spacial score (nSPS) is 11.8. The molecule has 1 atom stereocenters. The fourth-order valence-electron chi connectivity index (χ4n) is 2.96. The lowest BCUT2D eigenvalue weighted by Gasteiger charge is -2.25. The van der Waals surface area contributed by atoms with Crippen molar-refractivity contribution in [1.29, 1.82) is 0 Å². The maximum Gasteiger partial charge on any atom is 0.244 e. The van der Waals surface area contributed by atoms with Crippen molar-refractivity contribution in [2.75, 3.05) is 4.90 Å². The Labute approximate surface area is 174 Å². The molecule has 144 valence electrons. The Bertz CT molecular complexity index is 1030. The Morgan fingerprint density at radius 3 is 1.93 bits per heavy atom. The summed E-state index contributed by atoms with van der Waals surface area (Å²) in [7, 11) is 0. The summed E-state index contributed by atoms with van der Waals surface area (Å²) in [5.74, 6) is -0.0246. The molecule has 0 fully saturated rings. The van der Waals surface area contributed by atoms with Gasteiger partial charge in [-0.15, -0.1) is 5.10 Å². The number of amides is 1. The van der Waals surface area contributed by atoms with Crippen LogP contribution in [0.25, 0.3) is 5.69 Å². The summed E-state index contributed by atoms with van der Waals surface area (Å²) in [4.78, 5) is 19.5. The van der Waals surface area contributed by atoms with E-state index in [-0.39, 0.29) is 11.2 Å². The Hall–Kier alpha value is -3.38. The second-order valence-corrected chi connectivity index (χ2v) is 7.72. The van der Waals surface area contributed by atoms with E-state index in [1.54, 1.807) is 15.9 Å². The highest BCUT2D eigenvalue weighted by Gasteiger charge is 2.25. The van der Waals surface area contributed by atoms with Crippen LogP contribution in [0.3, 0.4) is 0 Å². The zero-order valence-electron chi connectivity index (χ0n) is 15.9. The zero-order chi connectivity index (χ0) is 20.1. The van der Waals surface area contributed by atoms with Crippen molar-refractivity contribution in [2.24, 2.45) is 0 Å². The number of para-hydroxylation sites is 3. The largest absolute Gasteiger partial charge is 0.280 e. The van der Waals surface area contributed by atoms with Crippen molar-refractivity contribution in [3.63, 3.8) is 0 Å². The minimum Gasteiger partial charge on any atom is -0.280 e. The van der Waals surface area contributed by atoms with Gasteiger partial charge in [-0.25, -0.2) is 9.67 Å². The quantitative estimate of drug-likeness (QED) is 0.422. The van der Waals surface area contributed by atoms with Crippen LogP contribution < -0.4 is 4.90 Å². The number of aromatic nitrogens is 3. The van der Waals surface area contributed by atoms with E-state index in [0.29, 0.717) is 5.16 Å². The fraction of sp³-hybridized carbons (Fsp3) is 0.0870. The molecular formula is C23H20N4OS. The van der Waals surface area contributed by atoms with E-state index in [9.17, 15) is 4.79 Å². The number of carbonyl (C=O) groups is 1. The van der Waals surface area contributed by atoms with Gasteiger partial charge < -0.3 is 0 Å². The molecule has 0 unspecified atom stereocenters. The lowest BCUT2D eigenvalue weighted by atomic mass is 10.2. The first-order valence-electron chi connectivity index (χ1n) is 9.30. The molecule has 0 aliphatic rings. The smallest absolute Gasteiger partial charge is 0.244 e. The van der Waals surface area contributed by atoms with E-state index >= 15 is 0 Å². The molecule has 0 aliphatic heterocycles. The Morgan fingerprint density at radius 2 is 1.38 bits per heavy atom. The minimum atomic E-state index is -0.359. The number of thioether (sulfide) groups is 1. The van der Waals surface area contributed by atoms with E-state index in [2.05, 4.69) is 10.1 Å². The van der Waals surface area contributed by atoms with Crippen LogP contribution in [0.15, 0.2) is 102 Å². The Morgan fingerprint density at radius 1 is 0.862 bits per heavy atom. The molecule has 29 heavy (non-hydrogen) atoms. The van der Waals surface area contributed by atoms with Crippen LogP contribution in [0.1, 0.15) is 6.92 Å². The summed E-state index contributed by atoms with van der Waals surface area (Å²) in [5, 5.41) is 4.71. The number of rotatable bonds is 6. The molecule has 1 heterocycles. The van der Waals surface area contributed by atoms with Crippen LogP contribution in [-0.4, -0.2) is 25.9 Å². The summed E-state index contributed by atoms with van der Waals surface area (Å²) in [6, 6.07) is 29.1. The summed E-state index contributed by atoms with van der Waals surface area (Å²) in [6.07, 6.45) is 1.67. The summed E-state index contributed by atoms with van der Waals surface area (Å²) in [5.41, 5.74) is 2.60. The van der Waals surface area contributed by atoms with Crippen molar-refractivity contribution in [1.82, 2.24) is 14.8 Å². The van der Waals surface area contributed by atoms with Crippen molar-refractivity contribution in [2.45, 2.75) is 17.3 Å². The molecule has 3 aromatic carbocycles. The van der Waals surface area contributed by atoms with Gasteiger partial charge in [0.1, 0.15) is 6.33 Å². The third kappa shape index (κ3) is 4.38. The van der Waals surface area contributed by atoms with Gasteiger partial charge in [0, 0.05) is 11.4 Å². The van der Waals surface area contributed by atoms with Crippen LogP contribution in [-0.2, 0) is 4.79 Å². The average Bonchev–Trinajstić information content (AvgIpc) is 3.24.